The van der Waals surface area contributed by atoms with E-state index < -0.39 is 155 Å². The first-order valence-electron chi connectivity index (χ1n) is 15.1. The number of ether oxygens (including phenoxy) is 7. The molecule has 0 bridgehead atoms. The number of carbonyl (C=O) groups excluding carboxylic acids is 1. The van der Waals surface area contributed by atoms with E-state index in [2.05, 4.69) is 5.32 Å². The van der Waals surface area contributed by atoms with Crippen molar-refractivity contribution in [3.63, 3.8) is 0 Å². The van der Waals surface area contributed by atoms with E-state index in [-0.39, 0.29) is 0 Å². The Labute approximate surface area is 272 Å². The Bertz CT molecular complexity index is 1030. The van der Waals surface area contributed by atoms with Crippen molar-refractivity contribution in [1.29, 1.82) is 0 Å². The van der Waals surface area contributed by atoms with E-state index in [1.807, 2.05) is 0 Å². The number of aliphatic hydroxyl groups is 13. The first-order valence-corrected chi connectivity index (χ1v) is 15.1. The standard InChI is InChI=1S/C26H45NO21/c1-6(32)27-11-20(15(36)10(5-31)42-23(11)41)46-25-22(18(39)14(35)8(3-29)44-25)48-26-21(17(38)13(34)9(4-30)45-26)47-24-19(40)16(37)12(33)7(2-28)43-24/h7-26,28-31,33-41H,2-5H2,1H3,(H,27,32)/t7-,8-,9-,10-,11-,12-,13-,14-,15-,16+,17+,18+,19+,20-,21+,22+,23+,24-,25+,26-/m1/s1. The Morgan fingerprint density at radius 1 is 0.500 bits per heavy atom. The van der Waals surface area contributed by atoms with Crippen LogP contribution in [0.5, 0.6) is 0 Å². The molecule has 4 rings (SSSR count). The highest BCUT2D eigenvalue weighted by atomic mass is 16.8. The number of carbonyl (C=O) groups is 1. The number of rotatable bonds is 11. The molecule has 4 saturated heterocycles. The summed E-state index contributed by atoms with van der Waals surface area (Å²) < 4.78 is 39.0. The molecular formula is C26H45NO21. The molecule has 48 heavy (non-hydrogen) atoms. The first-order chi connectivity index (χ1) is 22.7. The van der Waals surface area contributed by atoms with Gasteiger partial charge in [0.15, 0.2) is 25.2 Å². The van der Waals surface area contributed by atoms with E-state index in [1.54, 1.807) is 0 Å². The zero-order valence-corrected chi connectivity index (χ0v) is 25.5. The maximum absolute atomic E-state index is 11.9. The number of nitrogens with one attached hydrogen (secondary N) is 1. The molecule has 0 radical (unpaired) electrons. The van der Waals surface area contributed by atoms with Crippen LogP contribution in [0.15, 0.2) is 0 Å². The van der Waals surface area contributed by atoms with Crippen molar-refractivity contribution in [1.82, 2.24) is 5.32 Å². The van der Waals surface area contributed by atoms with Gasteiger partial charge >= 0.3 is 0 Å². The Morgan fingerprint density at radius 2 is 0.875 bits per heavy atom. The van der Waals surface area contributed by atoms with Gasteiger partial charge in [0.2, 0.25) is 5.91 Å². The van der Waals surface area contributed by atoms with Crippen LogP contribution >= 0.6 is 0 Å². The molecule has 4 heterocycles. The Morgan fingerprint density at radius 3 is 1.31 bits per heavy atom. The molecule has 20 atom stereocenters. The van der Waals surface area contributed by atoms with Gasteiger partial charge in [-0.3, -0.25) is 4.79 Å². The average Bonchev–Trinajstić information content (AvgIpc) is 3.06. The van der Waals surface area contributed by atoms with Crippen molar-refractivity contribution in [2.45, 2.75) is 130 Å². The minimum atomic E-state index is -2.04. The Hall–Kier alpha value is -1.33. The minimum absolute atomic E-state index is 0.710. The van der Waals surface area contributed by atoms with Crippen LogP contribution in [0.1, 0.15) is 6.92 Å². The summed E-state index contributed by atoms with van der Waals surface area (Å²) >= 11 is 0. The van der Waals surface area contributed by atoms with Crippen LogP contribution in [-0.4, -0.2) is 221 Å². The highest BCUT2D eigenvalue weighted by Crippen LogP contribution is 2.35. The summed E-state index contributed by atoms with van der Waals surface area (Å²) in [5.41, 5.74) is 0. The smallest absolute Gasteiger partial charge is 0.217 e. The van der Waals surface area contributed by atoms with Crippen LogP contribution in [0.3, 0.4) is 0 Å². The average molecular weight is 708 g/mol. The topological polar surface area (TPSA) is 357 Å². The SMILES string of the molecule is CC(=O)N[C@@H]1[C@@H](O[C@@H]2O[C@H](CO)[C@@H](O)[C@H](O)[C@@H]2O[C@H]2O[C@H](CO)[C@@H](O)[C@H](O)[C@@H]2O[C@H]2O[C@H](CO)[C@@H](O)[C@H](O)[C@@H]2O)[C@H](O)[C@@H](CO)O[C@@H]1O. The predicted molar refractivity (Wildman–Crippen MR) is 145 cm³/mol. The number of hydrogen-bond acceptors (Lipinski definition) is 21. The summed E-state index contributed by atoms with van der Waals surface area (Å²) in [6, 6.07) is -1.52. The largest absolute Gasteiger partial charge is 0.394 e. The minimum Gasteiger partial charge on any atom is -0.394 e. The Kier molecular flexibility index (Phi) is 13.8. The second-order valence-electron chi connectivity index (χ2n) is 11.9. The van der Waals surface area contributed by atoms with Crippen molar-refractivity contribution in [3.05, 3.63) is 0 Å². The maximum atomic E-state index is 11.9. The highest BCUT2D eigenvalue weighted by Gasteiger charge is 2.56. The highest BCUT2D eigenvalue weighted by molar-refractivity contribution is 5.73. The lowest BCUT2D eigenvalue weighted by Crippen LogP contribution is -2.69. The predicted octanol–water partition coefficient (Wildman–Crippen LogP) is -9.61. The molecule has 4 aliphatic rings. The lowest BCUT2D eigenvalue weighted by atomic mass is 9.95. The molecule has 0 aliphatic carbocycles. The molecule has 0 aromatic rings. The van der Waals surface area contributed by atoms with E-state index in [1.165, 1.54) is 0 Å². The lowest BCUT2D eigenvalue weighted by Gasteiger charge is -2.50. The Balaban J connectivity index is 1.66. The molecule has 0 aromatic heterocycles. The van der Waals surface area contributed by atoms with Gasteiger partial charge in [0.1, 0.15) is 97.6 Å². The lowest BCUT2D eigenvalue weighted by molar-refractivity contribution is -0.400. The fraction of sp³-hybridized carbons (Fsp3) is 0.962. The first kappa shape index (κ1) is 39.5. The van der Waals surface area contributed by atoms with Gasteiger partial charge in [-0.15, -0.1) is 0 Å². The summed E-state index contributed by atoms with van der Waals surface area (Å²) in [5.74, 6) is -0.710. The van der Waals surface area contributed by atoms with Gasteiger partial charge in [-0.2, -0.15) is 0 Å². The van der Waals surface area contributed by atoms with Gasteiger partial charge in [-0.25, -0.2) is 0 Å². The van der Waals surface area contributed by atoms with Crippen molar-refractivity contribution in [3.8, 4) is 0 Å². The van der Waals surface area contributed by atoms with Crippen LogP contribution in [0.4, 0.5) is 0 Å². The zero-order chi connectivity index (χ0) is 35.6. The summed E-state index contributed by atoms with van der Waals surface area (Å²) in [5, 5.41) is 137. The molecule has 4 aliphatic heterocycles. The molecule has 22 heteroatoms. The molecule has 14 N–H and O–H groups in total. The fourth-order valence-corrected chi connectivity index (χ4v) is 5.90. The molecule has 22 nitrogen and oxygen atoms in total. The van der Waals surface area contributed by atoms with Crippen molar-refractivity contribution in [2.75, 3.05) is 26.4 Å². The molecule has 280 valence electrons. The van der Waals surface area contributed by atoms with Crippen LogP contribution in [0.2, 0.25) is 0 Å². The molecule has 0 saturated carbocycles. The monoisotopic (exact) mass is 707 g/mol. The normalized spacial score (nSPS) is 50.2. The second kappa shape index (κ2) is 16.8. The van der Waals surface area contributed by atoms with Crippen LogP contribution in [-0.2, 0) is 38.0 Å². The van der Waals surface area contributed by atoms with E-state index in [0.29, 0.717) is 0 Å². The molecule has 0 unspecified atom stereocenters. The van der Waals surface area contributed by atoms with Crippen LogP contribution < -0.4 is 5.32 Å². The third-order valence-corrected chi connectivity index (χ3v) is 8.61. The van der Waals surface area contributed by atoms with Gasteiger partial charge in [0.05, 0.1) is 26.4 Å². The molecule has 0 spiro atoms. The van der Waals surface area contributed by atoms with Crippen LogP contribution in [0, 0.1) is 0 Å². The number of hydrogen-bond donors (Lipinski definition) is 14. The molecule has 4 fully saturated rings. The van der Waals surface area contributed by atoms with E-state index >= 15 is 0 Å². The van der Waals surface area contributed by atoms with Crippen molar-refractivity contribution in [2.24, 2.45) is 0 Å². The van der Waals surface area contributed by atoms with Gasteiger partial charge in [0.25, 0.3) is 0 Å². The fourth-order valence-electron chi connectivity index (χ4n) is 5.90. The van der Waals surface area contributed by atoms with E-state index in [9.17, 15) is 71.2 Å². The molecule has 1 amide bonds. The second-order valence-corrected chi connectivity index (χ2v) is 11.9. The van der Waals surface area contributed by atoms with Gasteiger partial charge in [0, 0.05) is 6.92 Å². The number of aliphatic hydroxyl groups excluding tert-OH is 13. The molecule has 0 aromatic carbocycles. The third kappa shape index (κ3) is 8.08. The van der Waals surface area contributed by atoms with Crippen LogP contribution in [0.25, 0.3) is 0 Å². The van der Waals surface area contributed by atoms with Crippen molar-refractivity contribution >= 4 is 5.91 Å². The van der Waals surface area contributed by atoms with E-state index in [0.717, 1.165) is 6.92 Å². The van der Waals surface area contributed by atoms with Gasteiger partial charge in [-0.05, 0) is 0 Å². The zero-order valence-electron chi connectivity index (χ0n) is 25.5. The molecular weight excluding hydrogens is 662 g/mol. The van der Waals surface area contributed by atoms with Gasteiger partial charge < -0.3 is 105 Å². The number of amides is 1. The van der Waals surface area contributed by atoms with Crippen molar-refractivity contribution < 1.29 is 104 Å². The summed E-state index contributed by atoms with van der Waals surface area (Å²) in [4.78, 5) is 11.9. The van der Waals surface area contributed by atoms with Gasteiger partial charge in [-0.1, -0.05) is 0 Å². The maximum Gasteiger partial charge on any atom is 0.217 e. The quantitative estimate of drug-likeness (QED) is 0.0947. The third-order valence-electron chi connectivity index (χ3n) is 8.61. The van der Waals surface area contributed by atoms with E-state index in [4.69, 9.17) is 33.2 Å². The summed E-state index contributed by atoms with van der Waals surface area (Å²) in [7, 11) is 0. The summed E-state index contributed by atoms with van der Waals surface area (Å²) in [6.45, 7) is -2.39. The summed E-state index contributed by atoms with van der Waals surface area (Å²) in [6.07, 6.45) is -34.6.